The van der Waals surface area contributed by atoms with Crippen LogP contribution in [0.5, 0.6) is 0 Å². The Morgan fingerprint density at radius 2 is 1.66 bits per heavy atom. The molecule has 1 aromatic heterocycles. The van der Waals surface area contributed by atoms with Crippen LogP contribution in [0.1, 0.15) is 88.1 Å². The molecule has 0 aliphatic carbocycles. The number of aliphatic hydroxyl groups excluding tert-OH is 1. The van der Waals surface area contributed by atoms with Crippen molar-refractivity contribution in [2.45, 2.75) is 98.7 Å². The highest BCUT2D eigenvalue weighted by Gasteiger charge is 2.37. The lowest BCUT2D eigenvalue weighted by Crippen LogP contribution is -2.13. The van der Waals surface area contributed by atoms with E-state index in [4.69, 9.17) is 0 Å². The predicted molar refractivity (Wildman–Crippen MR) is 129 cm³/mol. The Balaban J connectivity index is 2.72. The Kier molecular flexibility index (Phi) is 9.47. The Labute approximate surface area is 190 Å². The lowest BCUT2D eigenvalue weighted by molar-refractivity contribution is -0.0689. The van der Waals surface area contributed by atoms with Crippen LogP contribution in [0.25, 0.3) is 16.5 Å². The zero-order valence-corrected chi connectivity index (χ0v) is 20.2. The molecule has 0 bridgehead atoms. The number of alkyl halides is 3. The van der Waals surface area contributed by atoms with Crippen LogP contribution in [0, 0.1) is 13.8 Å². The van der Waals surface area contributed by atoms with E-state index in [0.29, 0.717) is 11.8 Å². The SMILES string of the molecule is CCCCCCCn1c(C)c(C)c2c(/C(=C\C(C)=C\O)C(F)(F)F)c(CCCC)ccc21. The molecule has 5 heteroatoms. The highest BCUT2D eigenvalue weighted by molar-refractivity contribution is 5.98. The van der Waals surface area contributed by atoms with Crippen molar-refractivity contribution >= 4 is 16.5 Å². The summed E-state index contributed by atoms with van der Waals surface area (Å²) in [6.45, 7) is 10.5. The summed E-state index contributed by atoms with van der Waals surface area (Å²) < 4.78 is 45.1. The summed E-state index contributed by atoms with van der Waals surface area (Å²) >= 11 is 0. The molecule has 1 heterocycles. The third-order valence-electron chi connectivity index (χ3n) is 6.32. The van der Waals surface area contributed by atoms with Crippen molar-refractivity contribution < 1.29 is 18.3 Å². The number of aryl methyl sites for hydroxylation is 3. The number of hydrogen-bond acceptors (Lipinski definition) is 1. The van der Waals surface area contributed by atoms with Crippen molar-refractivity contribution in [3.05, 3.63) is 52.4 Å². The van der Waals surface area contributed by atoms with Gasteiger partial charge < -0.3 is 9.67 Å². The summed E-state index contributed by atoms with van der Waals surface area (Å²) in [5.41, 5.74) is 3.29. The quantitative estimate of drug-likeness (QED) is 0.207. The van der Waals surface area contributed by atoms with E-state index in [-0.39, 0.29) is 11.1 Å². The van der Waals surface area contributed by atoms with Crippen molar-refractivity contribution in [3.63, 3.8) is 0 Å². The van der Waals surface area contributed by atoms with Gasteiger partial charge in [0.15, 0.2) is 0 Å². The van der Waals surface area contributed by atoms with Crippen LogP contribution in [0.4, 0.5) is 13.2 Å². The number of aliphatic hydroxyl groups is 1. The van der Waals surface area contributed by atoms with Crippen molar-refractivity contribution in [1.29, 1.82) is 0 Å². The Morgan fingerprint density at radius 3 is 2.25 bits per heavy atom. The first kappa shape index (κ1) is 26.1. The van der Waals surface area contributed by atoms with E-state index in [2.05, 4.69) is 11.5 Å². The topological polar surface area (TPSA) is 25.2 Å². The first-order valence-electron chi connectivity index (χ1n) is 11.9. The Bertz CT molecular complexity index is 964. The van der Waals surface area contributed by atoms with Crippen LogP contribution in [0.2, 0.25) is 0 Å². The third kappa shape index (κ3) is 5.99. The number of halogens is 3. The molecule has 0 aliphatic heterocycles. The van der Waals surface area contributed by atoms with Crippen LogP contribution in [0.3, 0.4) is 0 Å². The number of allylic oxidation sites excluding steroid dienone is 3. The van der Waals surface area contributed by atoms with Gasteiger partial charge >= 0.3 is 6.18 Å². The molecule has 2 nitrogen and oxygen atoms in total. The molecule has 0 aliphatic rings. The van der Waals surface area contributed by atoms with Gasteiger partial charge in [0.05, 0.1) is 11.8 Å². The molecule has 0 saturated heterocycles. The molecule has 2 rings (SSSR count). The van der Waals surface area contributed by atoms with Crippen LogP contribution in [-0.2, 0) is 13.0 Å². The van der Waals surface area contributed by atoms with E-state index in [9.17, 15) is 18.3 Å². The fourth-order valence-corrected chi connectivity index (χ4v) is 4.41. The molecule has 0 unspecified atom stereocenters. The number of rotatable bonds is 11. The first-order chi connectivity index (χ1) is 15.2. The number of hydrogen-bond donors (Lipinski definition) is 1. The number of unbranched alkanes of at least 4 members (excludes halogenated alkanes) is 5. The summed E-state index contributed by atoms with van der Waals surface area (Å²) in [7, 11) is 0. The van der Waals surface area contributed by atoms with Crippen LogP contribution >= 0.6 is 0 Å². The van der Waals surface area contributed by atoms with Gasteiger partial charge in [-0.15, -0.1) is 0 Å². The van der Waals surface area contributed by atoms with Crippen LogP contribution < -0.4 is 0 Å². The van der Waals surface area contributed by atoms with Gasteiger partial charge in [0.2, 0.25) is 0 Å². The van der Waals surface area contributed by atoms with Gasteiger partial charge in [-0.2, -0.15) is 13.2 Å². The fraction of sp³-hybridized carbons (Fsp3) is 0.556. The summed E-state index contributed by atoms with van der Waals surface area (Å²) in [6.07, 6.45) is 5.35. The summed E-state index contributed by atoms with van der Waals surface area (Å²) in [6, 6.07) is 3.87. The maximum atomic E-state index is 14.3. The number of benzene rings is 1. The van der Waals surface area contributed by atoms with Gasteiger partial charge in [0.25, 0.3) is 0 Å². The largest absolute Gasteiger partial charge is 0.515 e. The van der Waals surface area contributed by atoms with Gasteiger partial charge in [-0.1, -0.05) is 52.0 Å². The Morgan fingerprint density at radius 1 is 1.00 bits per heavy atom. The molecule has 2 aromatic rings. The highest BCUT2D eigenvalue weighted by atomic mass is 19.4. The lowest BCUT2D eigenvalue weighted by Gasteiger charge is -2.19. The third-order valence-corrected chi connectivity index (χ3v) is 6.32. The molecule has 1 aromatic carbocycles. The molecule has 0 saturated carbocycles. The molecular formula is C27H38F3NO. The monoisotopic (exact) mass is 449 g/mol. The predicted octanol–water partition coefficient (Wildman–Crippen LogP) is 8.98. The van der Waals surface area contributed by atoms with E-state index < -0.39 is 11.7 Å². The maximum absolute atomic E-state index is 14.3. The van der Waals surface area contributed by atoms with Gasteiger partial charge in [-0.05, 0) is 74.4 Å². The number of aromatic nitrogens is 1. The normalized spacial score (nSPS) is 13.4. The minimum Gasteiger partial charge on any atom is -0.515 e. The lowest BCUT2D eigenvalue weighted by atomic mass is 9.90. The van der Waals surface area contributed by atoms with E-state index >= 15 is 0 Å². The second-order valence-electron chi connectivity index (χ2n) is 8.80. The zero-order chi connectivity index (χ0) is 23.9. The average Bonchev–Trinajstić information content (AvgIpc) is 2.99. The van der Waals surface area contributed by atoms with E-state index in [1.54, 1.807) is 0 Å². The standard InChI is InChI=1S/C27H38F3NO/c1-6-8-10-11-12-16-31-21(5)20(4)25-24(31)15-14-22(13-9-7-2)26(25)23(27(28,29)30)17-19(3)18-32/h14-15,17-18,32H,6-13,16H2,1-5H3/b19-18+,23-17+. The van der Waals surface area contributed by atoms with Crippen molar-refractivity contribution in [1.82, 2.24) is 4.57 Å². The van der Waals surface area contributed by atoms with E-state index in [1.165, 1.54) is 26.2 Å². The van der Waals surface area contributed by atoms with Gasteiger partial charge in [-0.25, -0.2) is 0 Å². The molecule has 178 valence electrons. The first-order valence-corrected chi connectivity index (χ1v) is 11.9. The Hall–Kier alpha value is -2.17. The second kappa shape index (κ2) is 11.6. The van der Waals surface area contributed by atoms with Crippen LogP contribution in [-0.4, -0.2) is 15.8 Å². The summed E-state index contributed by atoms with van der Waals surface area (Å²) in [5, 5.41) is 10.00. The minimum absolute atomic E-state index is 0.181. The molecule has 0 amide bonds. The van der Waals surface area contributed by atoms with Crippen LogP contribution in [0.15, 0.2) is 30.0 Å². The van der Waals surface area contributed by atoms with Crippen molar-refractivity contribution in [2.24, 2.45) is 0 Å². The molecule has 32 heavy (non-hydrogen) atoms. The molecular weight excluding hydrogens is 411 g/mol. The van der Waals surface area contributed by atoms with Gasteiger partial charge in [-0.3, -0.25) is 0 Å². The molecule has 0 atom stereocenters. The smallest absolute Gasteiger partial charge is 0.417 e. The van der Waals surface area contributed by atoms with E-state index in [1.807, 2.05) is 32.9 Å². The van der Waals surface area contributed by atoms with E-state index in [0.717, 1.165) is 66.9 Å². The minimum atomic E-state index is -4.53. The summed E-state index contributed by atoms with van der Waals surface area (Å²) in [5.74, 6) is 0. The molecule has 0 fully saturated rings. The molecule has 0 radical (unpaired) electrons. The number of fused-ring (bicyclic) bond motifs is 1. The highest BCUT2D eigenvalue weighted by Crippen LogP contribution is 2.42. The van der Waals surface area contributed by atoms with Crippen molar-refractivity contribution in [3.8, 4) is 0 Å². The number of nitrogens with zero attached hydrogens (tertiary/aromatic N) is 1. The van der Waals surface area contributed by atoms with Crippen molar-refractivity contribution in [2.75, 3.05) is 0 Å². The molecule has 1 N–H and O–H groups in total. The van der Waals surface area contributed by atoms with Gasteiger partial charge in [0.1, 0.15) is 0 Å². The maximum Gasteiger partial charge on any atom is 0.417 e. The summed E-state index contributed by atoms with van der Waals surface area (Å²) in [4.78, 5) is 0. The zero-order valence-electron chi connectivity index (χ0n) is 20.2. The second-order valence-corrected chi connectivity index (χ2v) is 8.80. The molecule has 0 spiro atoms. The van der Waals surface area contributed by atoms with Gasteiger partial charge in [0, 0.05) is 23.1 Å². The fourth-order valence-electron chi connectivity index (χ4n) is 4.41. The average molecular weight is 450 g/mol.